The van der Waals surface area contributed by atoms with Crippen LogP contribution in [-0.2, 0) is 16.1 Å². The van der Waals surface area contributed by atoms with Crippen LogP contribution < -0.4 is 5.32 Å². The molecule has 6 heteroatoms. The summed E-state index contributed by atoms with van der Waals surface area (Å²) in [5.41, 5.74) is 1.21. The number of likely N-dealkylation sites (tertiary alicyclic amines) is 2. The monoisotopic (exact) mass is 448 g/mol. The Morgan fingerprint density at radius 3 is 2.48 bits per heavy atom. The highest BCUT2D eigenvalue weighted by Gasteiger charge is 2.34. The van der Waals surface area contributed by atoms with Crippen LogP contribution in [-0.4, -0.2) is 77.9 Å². The summed E-state index contributed by atoms with van der Waals surface area (Å²) >= 11 is 0. The SMILES string of the molecule is O=C1NCCN(Cc2cccc3ccccc23)C1CC(=O)N1CCC(N2CCCCC2)CC1. The molecule has 2 aromatic carbocycles. The molecule has 0 radical (unpaired) electrons. The molecule has 1 atom stereocenters. The lowest BCUT2D eigenvalue weighted by Gasteiger charge is -2.41. The van der Waals surface area contributed by atoms with Gasteiger partial charge < -0.3 is 15.1 Å². The van der Waals surface area contributed by atoms with Crippen LogP contribution in [0.5, 0.6) is 0 Å². The van der Waals surface area contributed by atoms with Gasteiger partial charge >= 0.3 is 0 Å². The van der Waals surface area contributed by atoms with Crippen molar-refractivity contribution in [3.05, 3.63) is 48.0 Å². The molecule has 3 saturated heterocycles. The second kappa shape index (κ2) is 10.2. The van der Waals surface area contributed by atoms with E-state index in [0.29, 0.717) is 19.1 Å². The second-order valence-electron chi connectivity index (χ2n) is 9.83. The average Bonchev–Trinajstić information content (AvgIpc) is 2.87. The van der Waals surface area contributed by atoms with Crippen LogP contribution in [0.2, 0.25) is 0 Å². The second-order valence-corrected chi connectivity index (χ2v) is 9.83. The smallest absolute Gasteiger partial charge is 0.237 e. The molecule has 0 bridgehead atoms. The van der Waals surface area contributed by atoms with Gasteiger partial charge in [0.05, 0.1) is 12.5 Å². The van der Waals surface area contributed by atoms with Crippen molar-refractivity contribution < 1.29 is 9.59 Å². The van der Waals surface area contributed by atoms with Gasteiger partial charge in [-0.15, -0.1) is 0 Å². The summed E-state index contributed by atoms with van der Waals surface area (Å²) in [5, 5.41) is 5.41. The average molecular weight is 449 g/mol. The molecule has 0 spiro atoms. The third-order valence-corrected chi connectivity index (χ3v) is 7.79. The van der Waals surface area contributed by atoms with Gasteiger partial charge in [-0.1, -0.05) is 48.9 Å². The highest BCUT2D eigenvalue weighted by atomic mass is 16.2. The Kier molecular flexibility index (Phi) is 6.93. The molecule has 3 aliphatic heterocycles. The molecule has 0 aromatic heterocycles. The van der Waals surface area contributed by atoms with Gasteiger partial charge in [0, 0.05) is 38.8 Å². The van der Waals surface area contributed by atoms with Crippen LogP contribution in [0.3, 0.4) is 0 Å². The van der Waals surface area contributed by atoms with Crippen molar-refractivity contribution in [1.29, 1.82) is 0 Å². The molecule has 0 saturated carbocycles. The highest BCUT2D eigenvalue weighted by molar-refractivity contribution is 5.89. The summed E-state index contributed by atoms with van der Waals surface area (Å²) in [6, 6.07) is 14.9. The van der Waals surface area contributed by atoms with Crippen LogP contribution in [0.25, 0.3) is 10.8 Å². The number of nitrogens with one attached hydrogen (secondary N) is 1. The third kappa shape index (κ3) is 5.07. The Morgan fingerprint density at radius 2 is 1.67 bits per heavy atom. The zero-order valence-corrected chi connectivity index (χ0v) is 19.5. The zero-order chi connectivity index (χ0) is 22.6. The minimum absolute atomic E-state index is 0.0157. The fourth-order valence-corrected chi connectivity index (χ4v) is 5.88. The summed E-state index contributed by atoms with van der Waals surface area (Å²) in [5.74, 6) is 0.107. The van der Waals surface area contributed by atoms with E-state index in [2.05, 4.69) is 57.6 Å². The number of hydrogen-bond donors (Lipinski definition) is 1. The zero-order valence-electron chi connectivity index (χ0n) is 19.5. The van der Waals surface area contributed by atoms with Crippen molar-refractivity contribution >= 4 is 22.6 Å². The van der Waals surface area contributed by atoms with Crippen molar-refractivity contribution in [3.8, 4) is 0 Å². The lowest BCUT2D eigenvalue weighted by atomic mass is 9.98. The third-order valence-electron chi connectivity index (χ3n) is 7.79. The lowest BCUT2D eigenvalue weighted by Crippen LogP contribution is -2.57. The number of benzene rings is 2. The molecule has 3 fully saturated rings. The first kappa shape index (κ1) is 22.4. The first-order valence-corrected chi connectivity index (χ1v) is 12.7. The van der Waals surface area contributed by atoms with Gasteiger partial charge in [-0.2, -0.15) is 0 Å². The maximum Gasteiger partial charge on any atom is 0.237 e. The largest absolute Gasteiger partial charge is 0.353 e. The Labute approximate surface area is 196 Å². The molecule has 3 aliphatic rings. The quantitative estimate of drug-likeness (QED) is 0.764. The predicted octanol–water partition coefficient (Wildman–Crippen LogP) is 3.01. The molecule has 0 aliphatic carbocycles. The van der Waals surface area contributed by atoms with Crippen molar-refractivity contribution in [2.45, 2.75) is 57.2 Å². The van der Waals surface area contributed by atoms with Crippen molar-refractivity contribution in [1.82, 2.24) is 20.0 Å². The maximum absolute atomic E-state index is 13.2. The number of carbonyl (C=O) groups excluding carboxylic acids is 2. The molecular weight excluding hydrogens is 412 g/mol. The van der Waals surface area contributed by atoms with Crippen molar-refractivity contribution in [2.24, 2.45) is 0 Å². The van der Waals surface area contributed by atoms with Crippen LogP contribution in [0, 0.1) is 0 Å². The van der Waals surface area contributed by atoms with E-state index in [1.807, 2.05) is 4.90 Å². The Morgan fingerprint density at radius 1 is 0.909 bits per heavy atom. The molecule has 33 heavy (non-hydrogen) atoms. The fourth-order valence-electron chi connectivity index (χ4n) is 5.88. The molecule has 5 rings (SSSR count). The fraction of sp³-hybridized carbons (Fsp3) is 0.556. The number of piperazine rings is 1. The van der Waals surface area contributed by atoms with Crippen molar-refractivity contribution in [3.63, 3.8) is 0 Å². The Hall–Kier alpha value is -2.44. The standard InChI is InChI=1S/C27H36N4O2/c32-26(30-16-11-23(12-17-30)29-14-4-1-5-15-29)19-25-27(33)28-13-18-31(25)20-22-9-6-8-21-7-2-3-10-24(21)22/h2-3,6-10,23,25H,1,4-5,11-20H2,(H,28,33). The summed E-state index contributed by atoms with van der Waals surface area (Å²) in [6.07, 6.45) is 6.35. The number of nitrogens with zero attached hydrogens (tertiary/aromatic N) is 3. The first-order chi connectivity index (χ1) is 16.2. The van der Waals surface area contributed by atoms with Gasteiger partial charge in [-0.3, -0.25) is 14.5 Å². The molecule has 176 valence electrons. The topological polar surface area (TPSA) is 55.9 Å². The first-order valence-electron chi connectivity index (χ1n) is 12.7. The summed E-state index contributed by atoms with van der Waals surface area (Å²) < 4.78 is 0. The predicted molar refractivity (Wildman–Crippen MR) is 131 cm³/mol. The molecule has 1 unspecified atom stereocenters. The molecule has 6 nitrogen and oxygen atoms in total. The van der Waals surface area contributed by atoms with Gasteiger partial charge in [0.25, 0.3) is 0 Å². The Bertz CT molecular complexity index is 974. The van der Waals surface area contributed by atoms with Gasteiger partial charge in [-0.25, -0.2) is 0 Å². The van der Waals surface area contributed by atoms with Gasteiger partial charge in [0.1, 0.15) is 0 Å². The van der Waals surface area contributed by atoms with Crippen LogP contribution in [0.1, 0.15) is 44.1 Å². The molecule has 3 heterocycles. The molecule has 2 amide bonds. The van der Waals surface area contributed by atoms with E-state index >= 15 is 0 Å². The summed E-state index contributed by atoms with van der Waals surface area (Å²) in [6.45, 7) is 6.15. The van der Waals surface area contributed by atoms with Crippen LogP contribution >= 0.6 is 0 Å². The minimum atomic E-state index is -0.398. The van der Waals surface area contributed by atoms with Crippen LogP contribution in [0.15, 0.2) is 42.5 Å². The minimum Gasteiger partial charge on any atom is -0.353 e. The summed E-state index contributed by atoms with van der Waals surface area (Å²) in [7, 11) is 0. The van der Waals surface area contributed by atoms with E-state index in [0.717, 1.165) is 32.5 Å². The number of fused-ring (bicyclic) bond motifs is 1. The maximum atomic E-state index is 13.2. The van der Waals surface area contributed by atoms with Gasteiger partial charge in [-0.05, 0) is 55.1 Å². The van der Waals surface area contributed by atoms with E-state index in [4.69, 9.17) is 0 Å². The summed E-state index contributed by atoms with van der Waals surface area (Å²) in [4.78, 5) is 32.8. The lowest BCUT2D eigenvalue weighted by molar-refractivity contribution is -0.140. The number of carbonyl (C=O) groups is 2. The van der Waals surface area contributed by atoms with E-state index in [-0.39, 0.29) is 18.2 Å². The van der Waals surface area contributed by atoms with Gasteiger partial charge in [0.2, 0.25) is 11.8 Å². The number of piperidine rings is 2. The van der Waals surface area contributed by atoms with E-state index in [1.165, 1.54) is 48.7 Å². The molecular formula is C27H36N4O2. The van der Waals surface area contributed by atoms with E-state index in [9.17, 15) is 9.59 Å². The molecule has 1 N–H and O–H groups in total. The molecule has 2 aromatic rings. The number of rotatable bonds is 5. The van der Waals surface area contributed by atoms with Crippen molar-refractivity contribution in [2.75, 3.05) is 39.3 Å². The van der Waals surface area contributed by atoms with E-state index in [1.54, 1.807) is 0 Å². The number of hydrogen-bond acceptors (Lipinski definition) is 4. The highest BCUT2D eigenvalue weighted by Crippen LogP contribution is 2.24. The number of amides is 2. The Balaban J connectivity index is 1.22. The van der Waals surface area contributed by atoms with Gasteiger partial charge in [0.15, 0.2) is 0 Å². The van der Waals surface area contributed by atoms with Crippen LogP contribution in [0.4, 0.5) is 0 Å². The van der Waals surface area contributed by atoms with E-state index < -0.39 is 6.04 Å². The normalized spacial score (nSPS) is 23.6.